The number of benzene rings is 2. The lowest BCUT2D eigenvalue weighted by Gasteiger charge is -2.42. The van der Waals surface area contributed by atoms with E-state index in [1.54, 1.807) is 54.3 Å². The van der Waals surface area contributed by atoms with Gasteiger partial charge >= 0.3 is 0 Å². The molecule has 0 heterocycles. The third-order valence-electron chi connectivity index (χ3n) is 7.83. The summed E-state index contributed by atoms with van der Waals surface area (Å²) in [6.45, 7) is 6.52. The Hall–Kier alpha value is -3.89. The number of primary amides is 2. The molecule has 3 amide bonds. The molecule has 0 saturated heterocycles. The number of hydrogen-bond donors (Lipinski definition) is 4. The lowest BCUT2D eigenvalue weighted by atomic mass is 9.63. The molecule has 4 atom stereocenters. The van der Waals surface area contributed by atoms with E-state index in [1.165, 1.54) is 0 Å². The lowest BCUT2D eigenvalue weighted by Crippen LogP contribution is -2.52. The molecular weight excluding hydrogens is 554 g/mol. The van der Waals surface area contributed by atoms with Crippen molar-refractivity contribution in [3.63, 3.8) is 0 Å². The van der Waals surface area contributed by atoms with Gasteiger partial charge in [-0.05, 0) is 55.9 Å². The van der Waals surface area contributed by atoms with Gasteiger partial charge in [0.1, 0.15) is 17.7 Å². The molecule has 0 saturated carbocycles. The normalized spacial score (nSPS) is 18.7. The summed E-state index contributed by atoms with van der Waals surface area (Å²) < 4.78 is 28.5. The summed E-state index contributed by atoms with van der Waals surface area (Å²) in [5.74, 6) is -4.37. The van der Waals surface area contributed by atoms with E-state index >= 15 is 0 Å². The Morgan fingerprint density at radius 3 is 2.16 bits per heavy atom. The van der Waals surface area contributed by atoms with Gasteiger partial charge in [0.2, 0.25) is 17.7 Å². The molecule has 232 valence electrons. The standard InChI is InChI=1S/C33H42F2N4O4/c1-4-11-39(12-5-2)31(42)24-13-21(3)18-33(19-24,32(37)43)27(16-22-14-25(34)17-26(35)15-22)28(40)20-38-29(30(36)41)23-9-7-6-8-10-23/h6-10,13-15,17-18,27-29,38,40H,4-5,11-12,16,19-20H2,1-3H3,(H2,36,41)(H2,37,43)/t27-,28+,29?,33?/m1/s1. The van der Waals surface area contributed by atoms with E-state index < -0.39 is 46.9 Å². The van der Waals surface area contributed by atoms with Gasteiger partial charge in [-0.25, -0.2) is 8.78 Å². The summed E-state index contributed by atoms with van der Waals surface area (Å²) >= 11 is 0. The van der Waals surface area contributed by atoms with Crippen LogP contribution in [0.2, 0.25) is 0 Å². The summed E-state index contributed by atoms with van der Waals surface area (Å²) in [5.41, 5.74) is 11.9. The van der Waals surface area contributed by atoms with Crippen LogP contribution in [0.25, 0.3) is 0 Å². The van der Waals surface area contributed by atoms with Crippen LogP contribution in [0.3, 0.4) is 0 Å². The Morgan fingerprint density at radius 2 is 1.63 bits per heavy atom. The van der Waals surface area contributed by atoms with Crippen molar-refractivity contribution in [3.8, 4) is 0 Å². The predicted molar refractivity (Wildman–Crippen MR) is 161 cm³/mol. The first-order chi connectivity index (χ1) is 20.4. The smallest absolute Gasteiger partial charge is 0.249 e. The third kappa shape index (κ3) is 8.36. The molecule has 8 nitrogen and oxygen atoms in total. The first kappa shape index (κ1) is 33.6. The topological polar surface area (TPSA) is 139 Å². The third-order valence-corrected chi connectivity index (χ3v) is 7.83. The summed E-state index contributed by atoms with van der Waals surface area (Å²) in [6, 6.07) is 10.7. The largest absolute Gasteiger partial charge is 0.391 e. The van der Waals surface area contributed by atoms with Crippen molar-refractivity contribution in [3.05, 3.63) is 94.6 Å². The van der Waals surface area contributed by atoms with Crippen molar-refractivity contribution in [2.75, 3.05) is 19.6 Å². The molecule has 3 rings (SSSR count). The van der Waals surface area contributed by atoms with Crippen LogP contribution < -0.4 is 16.8 Å². The monoisotopic (exact) mass is 596 g/mol. The van der Waals surface area contributed by atoms with Gasteiger partial charge in [-0.2, -0.15) is 0 Å². The summed E-state index contributed by atoms with van der Waals surface area (Å²) in [6.07, 6.45) is 3.22. The Balaban J connectivity index is 2.05. The van der Waals surface area contributed by atoms with E-state index in [2.05, 4.69) is 5.32 Å². The molecule has 0 spiro atoms. The lowest BCUT2D eigenvalue weighted by molar-refractivity contribution is -0.132. The number of allylic oxidation sites excluding steroid dienone is 2. The maximum Gasteiger partial charge on any atom is 0.249 e. The first-order valence-corrected chi connectivity index (χ1v) is 14.6. The van der Waals surface area contributed by atoms with Gasteiger partial charge in [0.25, 0.3) is 0 Å². The van der Waals surface area contributed by atoms with E-state index in [9.17, 15) is 28.3 Å². The Bertz CT molecular complexity index is 1340. The summed E-state index contributed by atoms with van der Waals surface area (Å²) in [4.78, 5) is 41.1. The molecule has 0 fully saturated rings. The number of aliphatic hydroxyl groups is 1. The second kappa shape index (κ2) is 15.0. The molecule has 43 heavy (non-hydrogen) atoms. The fourth-order valence-corrected chi connectivity index (χ4v) is 5.97. The molecule has 1 aliphatic rings. The molecular formula is C33H42F2N4O4. The summed E-state index contributed by atoms with van der Waals surface area (Å²) in [5, 5.41) is 14.7. The minimum absolute atomic E-state index is 0.111. The van der Waals surface area contributed by atoms with Crippen LogP contribution in [0, 0.1) is 23.0 Å². The van der Waals surface area contributed by atoms with Gasteiger partial charge in [0, 0.05) is 37.2 Å². The number of rotatable bonds is 15. The zero-order valence-corrected chi connectivity index (χ0v) is 25.0. The molecule has 2 unspecified atom stereocenters. The number of nitrogens with two attached hydrogens (primary N) is 2. The second-order valence-electron chi connectivity index (χ2n) is 11.2. The van der Waals surface area contributed by atoms with Gasteiger partial charge in [0.15, 0.2) is 0 Å². The molecule has 10 heteroatoms. The van der Waals surface area contributed by atoms with E-state index in [0.29, 0.717) is 29.8 Å². The number of halogens is 2. The number of hydrogen-bond acceptors (Lipinski definition) is 5. The van der Waals surface area contributed by atoms with Crippen molar-refractivity contribution in [2.45, 2.75) is 58.6 Å². The second-order valence-corrected chi connectivity index (χ2v) is 11.2. The van der Waals surface area contributed by atoms with Crippen LogP contribution in [-0.4, -0.2) is 53.5 Å². The first-order valence-electron chi connectivity index (χ1n) is 14.6. The highest BCUT2D eigenvalue weighted by Crippen LogP contribution is 2.44. The van der Waals surface area contributed by atoms with Crippen LogP contribution in [-0.2, 0) is 20.8 Å². The molecule has 0 radical (unpaired) electrons. The van der Waals surface area contributed by atoms with E-state index in [-0.39, 0.29) is 30.9 Å². The molecule has 2 aromatic rings. The highest BCUT2D eigenvalue weighted by atomic mass is 19.1. The highest BCUT2D eigenvalue weighted by molar-refractivity contribution is 5.97. The van der Waals surface area contributed by atoms with Crippen molar-refractivity contribution in [2.24, 2.45) is 22.8 Å². The number of amides is 3. The van der Waals surface area contributed by atoms with Crippen LogP contribution in [0.15, 0.2) is 71.8 Å². The van der Waals surface area contributed by atoms with Gasteiger partial charge in [0.05, 0.1) is 11.5 Å². The maximum atomic E-state index is 14.2. The quantitative estimate of drug-likeness (QED) is 0.248. The SMILES string of the molecule is CCCN(CCC)C(=O)C1=CC(C)=CC(C(N)=O)([C@H](Cc2cc(F)cc(F)c2)[C@@H](O)CNC(C(N)=O)c2ccccc2)C1. The minimum Gasteiger partial charge on any atom is -0.391 e. The van der Waals surface area contributed by atoms with Crippen LogP contribution >= 0.6 is 0 Å². The van der Waals surface area contributed by atoms with Crippen molar-refractivity contribution >= 4 is 17.7 Å². The van der Waals surface area contributed by atoms with E-state index in [4.69, 9.17) is 11.5 Å². The van der Waals surface area contributed by atoms with Gasteiger partial charge in [-0.15, -0.1) is 0 Å². The fourth-order valence-electron chi connectivity index (χ4n) is 5.97. The van der Waals surface area contributed by atoms with E-state index in [1.807, 2.05) is 13.8 Å². The highest BCUT2D eigenvalue weighted by Gasteiger charge is 2.48. The molecule has 1 aliphatic carbocycles. The number of carbonyl (C=O) groups is 3. The van der Waals surface area contributed by atoms with Crippen LogP contribution in [0.5, 0.6) is 0 Å². The van der Waals surface area contributed by atoms with Gasteiger partial charge in [-0.1, -0.05) is 61.9 Å². The molecule has 6 N–H and O–H groups in total. The van der Waals surface area contributed by atoms with Crippen LogP contribution in [0.4, 0.5) is 8.78 Å². The molecule has 0 bridgehead atoms. The maximum absolute atomic E-state index is 14.2. The minimum atomic E-state index is -1.59. The number of carbonyl (C=O) groups excluding carboxylic acids is 3. The predicted octanol–water partition coefficient (Wildman–Crippen LogP) is 3.70. The van der Waals surface area contributed by atoms with Crippen molar-refractivity contribution in [1.82, 2.24) is 10.2 Å². The zero-order valence-electron chi connectivity index (χ0n) is 25.0. The summed E-state index contributed by atoms with van der Waals surface area (Å²) in [7, 11) is 0. The Kier molecular flexibility index (Phi) is 11.7. The number of nitrogens with zero attached hydrogens (tertiary/aromatic N) is 1. The average molecular weight is 597 g/mol. The number of nitrogens with one attached hydrogen (secondary N) is 1. The van der Waals surface area contributed by atoms with Crippen molar-refractivity contribution in [1.29, 1.82) is 0 Å². The molecule has 0 aliphatic heterocycles. The van der Waals surface area contributed by atoms with Crippen LogP contribution in [0.1, 0.15) is 57.2 Å². The molecule has 2 aromatic carbocycles. The zero-order chi connectivity index (χ0) is 31.7. The van der Waals surface area contributed by atoms with E-state index in [0.717, 1.165) is 31.0 Å². The average Bonchev–Trinajstić information content (AvgIpc) is 2.94. The number of aliphatic hydroxyl groups excluding tert-OH is 1. The van der Waals surface area contributed by atoms with Gasteiger partial charge < -0.3 is 21.5 Å². The van der Waals surface area contributed by atoms with Crippen molar-refractivity contribution < 1.29 is 28.3 Å². The fraction of sp³-hybridized carbons (Fsp3) is 0.424. The molecule has 0 aromatic heterocycles. The Morgan fingerprint density at radius 1 is 1.02 bits per heavy atom. The Labute approximate surface area is 251 Å². The van der Waals surface area contributed by atoms with Gasteiger partial charge in [-0.3, -0.25) is 19.7 Å².